The molecule has 0 radical (unpaired) electrons. The van der Waals surface area contributed by atoms with Crippen molar-refractivity contribution in [3.8, 4) is 0 Å². The number of methoxy groups -OCH3 is 1. The molecule has 0 spiro atoms. The first-order valence-electron chi connectivity index (χ1n) is 6.86. The highest BCUT2D eigenvalue weighted by Crippen LogP contribution is 2.22. The zero-order valence-corrected chi connectivity index (χ0v) is 12.0. The minimum Gasteiger partial charge on any atom is -0.488 e. The maximum Gasteiger partial charge on any atom is 0.286 e. The van der Waals surface area contributed by atoms with Crippen molar-refractivity contribution in [1.29, 1.82) is 0 Å². The lowest BCUT2D eigenvalue weighted by Gasteiger charge is -2.31. The van der Waals surface area contributed by atoms with Gasteiger partial charge in [-0.1, -0.05) is 30.3 Å². The summed E-state index contributed by atoms with van der Waals surface area (Å²) in [6, 6.07) is 9.81. The molecule has 0 aliphatic carbocycles. The second kappa shape index (κ2) is 6.57. The number of nitrogens with one attached hydrogen (secondary N) is 1. The zero-order valence-electron chi connectivity index (χ0n) is 12.0. The summed E-state index contributed by atoms with van der Waals surface area (Å²) in [5.41, 5.74) is 0.431. The minimum atomic E-state index is -0.575. The van der Waals surface area contributed by atoms with Crippen molar-refractivity contribution in [1.82, 2.24) is 5.32 Å². The van der Waals surface area contributed by atoms with Crippen LogP contribution in [0.25, 0.3) is 0 Å². The molecule has 1 heterocycles. The van der Waals surface area contributed by atoms with E-state index >= 15 is 0 Å². The van der Waals surface area contributed by atoms with Gasteiger partial charge in [-0.15, -0.1) is 0 Å². The van der Waals surface area contributed by atoms with Crippen LogP contribution in [0, 0.1) is 0 Å². The molecule has 2 rings (SSSR count). The molecule has 4 nitrogen and oxygen atoms in total. The molecule has 0 saturated heterocycles. The van der Waals surface area contributed by atoms with Crippen LogP contribution in [0.5, 0.6) is 0 Å². The number of rotatable bonds is 5. The largest absolute Gasteiger partial charge is 0.488 e. The Morgan fingerprint density at radius 1 is 1.40 bits per heavy atom. The van der Waals surface area contributed by atoms with E-state index in [2.05, 4.69) is 5.32 Å². The van der Waals surface area contributed by atoms with Crippen LogP contribution in [0.3, 0.4) is 0 Å². The van der Waals surface area contributed by atoms with Crippen molar-refractivity contribution < 1.29 is 14.3 Å². The Morgan fingerprint density at radius 3 is 2.75 bits per heavy atom. The average molecular weight is 275 g/mol. The molecule has 108 valence electrons. The quantitative estimate of drug-likeness (QED) is 0.897. The lowest BCUT2D eigenvalue weighted by atomic mass is 9.92. The Balaban J connectivity index is 2.16. The van der Waals surface area contributed by atoms with Gasteiger partial charge in [0.2, 0.25) is 0 Å². The Hall–Kier alpha value is -1.81. The summed E-state index contributed by atoms with van der Waals surface area (Å²) in [6.07, 6.45) is 3.69. The third-order valence-corrected chi connectivity index (χ3v) is 3.39. The van der Waals surface area contributed by atoms with E-state index in [0.717, 1.165) is 18.4 Å². The zero-order chi connectivity index (χ0) is 14.4. The topological polar surface area (TPSA) is 47.6 Å². The van der Waals surface area contributed by atoms with Crippen LogP contribution in [0.15, 0.2) is 42.2 Å². The lowest BCUT2D eigenvalue weighted by molar-refractivity contribution is -0.123. The van der Waals surface area contributed by atoms with Gasteiger partial charge >= 0.3 is 0 Å². The van der Waals surface area contributed by atoms with Crippen LogP contribution < -0.4 is 5.32 Å². The van der Waals surface area contributed by atoms with Crippen LogP contribution >= 0.6 is 0 Å². The molecule has 0 fully saturated rings. The van der Waals surface area contributed by atoms with Crippen molar-refractivity contribution in [2.24, 2.45) is 0 Å². The predicted molar refractivity (Wildman–Crippen MR) is 77.1 cm³/mol. The summed E-state index contributed by atoms with van der Waals surface area (Å²) in [5.74, 6) is 0.225. The van der Waals surface area contributed by atoms with Crippen molar-refractivity contribution in [2.75, 3.05) is 20.3 Å². The molecular formula is C16H21NO3. The number of carbonyl (C=O) groups excluding carboxylic acids is 1. The molecule has 1 aromatic carbocycles. The van der Waals surface area contributed by atoms with Crippen LogP contribution in [0.2, 0.25) is 0 Å². The second-order valence-electron chi connectivity index (χ2n) is 5.14. The van der Waals surface area contributed by atoms with Gasteiger partial charge in [0.15, 0.2) is 5.76 Å². The van der Waals surface area contributed by atoms with E-state index in [1.54, 1.807) is 7.11 Å². The molecule has 0 saturated carbocycles. The Morgan fingerprint density at radius 2 is 2.15 bits per heavy atom. The van der Waals surface area contributed by atoms with Gasteiger partial charge in [-0.2, -0.15) is 0 Å². The fraction of sp³-hybridized carbons (Fsp3) is 0.438. The van der Waals surface area contributed by atoms with Gasteiger partial charge in [-0.25, -0.2) is 0 Å². The number of hydrogen-bond acceptors (Lipinski definition) is 3. The van der Waals surface area contributed by atoms with E-state index in [1.165, 1.54) is 0 Å². The van der Waals surface area contributed by atoms with E-state index in [9.17, 15) is 4.79 Å². The van der Waals surface area contributed by atoms with Crippen LogP contribution in [0.4, 0.5) is 0 Å². The number of ether oxygens (including phenoxy) is 2. The molecule has 1 N–H and O–H groups in total. The summed E-state index contributed by atoms with van der Waals surface area (Å²) in [4.78, 5) is 12.3. The minimum absolute atomic E-state index is 0.187. The Labute approximate surface area is 119 Å². The van der Waals surface area contributed by atoms with Gasteiger partial charge < -0.3 is 14.8 Å². The lowest BCUT2D eigenvalue weighted by Crippen LogP contribution is -2.47. The van der Waals surface area contributed by atoms with Crippen molar-refractivity contribution in [3.05, 3.63) is 47.7 Å². The van der Waals surface area contributed by atoms with Crippen LogP contribution in [-0.4, -0.2) is 26.2 Å². The van der Waals surface area contributed by atoms with E-state index in [4.69, 9.17) is 9.47 Å². The van der Waals surface area contributed by atoms with Gasteiger partial charge in [0.25, 0.3) is 5.91 Å². The summed E-state index contributed by atoms with van der Waals surface area (Å²) in [7, 11) is 1.63. The molecular weight excluding hydrogens is 254 g/mol. The molecule has 1 aromatic rings. The van der Waals surface area contributed by atoms with Crippen molar-refractivity contribution >= 4 is 5.91 Å². The van der Waals surface area contributed by atoms with Gasteiger partial charge in [-0.05, 0) is 31.4 Å². The SMILES string of the molecule is COC[C@](C)(NC(=O)C1=CCCCO1)c1ccccc1. The first-order chi connectivity index (χ1) is 9.65. The predicted octanol–water partition coefficient (Wildman–Crippen LogP) is 2.36. The third kappa shape index (κ3) is 3.39. The van der Waals surface area contributed by atoms with Crippen LogP contribution in [0.1, 0.15) is 25.3 Å². The highest BCUT2D eigenvalue weighted by Gasteiger charge is 2.30. The fourth-order valence-corrected chi connectivity index (χ4v) is 2.31. The molecule has 1 amide bonds. The number of hydrogen-bond donors (Lipinski definition) is 1. The number of amides is 1. The average Bonchev–Trinajstić information content (AvgIpc) is 2.49. The number of allylic oxidation sites excluding steroid dienone is 1. The molecule has 1 aliphatic heterocycles. The molecule has 0 unspecified atom stereocenters. The highest BCUT2D eigenvalue weighted by molar-refractivity contribution is 5.92. The number of carbonyl (C=O) groups is 1. The number of benzene rings is 1. The fourth-order valence-electron chi connectivity index (χ4n) is 2.31. The monoisotopic (exact) mass is 275 g/mol. The molecule has 20 heavy (non-hydrogen) atoms. The van der Waals surface area contributed by atoms with Gasteiger partial charge in [-0.3, -0.25) is 4.79 Å². The maximum atomic E-state index is 12.3. The third-order valence-electron chi connectivity index (χ3n) is 3.39. The van der Waals surface area contributed by atoms with E-state index < -0.39 is 5.54 Å². The van der Waals surface area contributed by atoms with Gasteiger partial charge in [0, 0.05) is 7.11 Å². The van der Waals surface area contributed by atoms with E-state index in [-0.39, 0.29) is 5.91 Å². The van der Waals surface area contributed by atoms with Crippen LogP contribution in [-0.2, 0) is 19.8 Å². The Kier molecular flexibility index (Phi) is 4.79. The van der Waals surface area contributed by atoms with E-state index in [1.807, 2.05) is 43.3 Å². The standard InChI is InChI=1S/C16H21NO3/c1-16(12-19-2,13-8-4-3-5-9-13)17-15(18)14-10-6-7-11-20-14/h3-5,8-10H,6-7,11-12H2,1-2H3,(H,17,18)/t16-/m0/s1. The smallest absolute Gasteiger partial charge is 0.286 e. The maximum absolute atomic E-state index is 12.3. The molecule has 1 aliphatic rings. The summed E-state index contributed by atoms with van der Waals surface area (Å²) in [5, 5.41) is 3.02. The molecule has 0 bridgehead atoms. The van der Waals surface area contributed by atoms with Gasteiger partial charge in [0.05, 0.1) is 18.8 Å². The first kappa shape index (κ1) is 14.6. The second-order valence-corrected chi connectivity index (χ2v) is 5.14. The van der Waals surface area contributed by atoms with E-state index in [0.29, 0.717) is 19.0 Å². The summed E-state index contributed by atoms with van der Waals surface area (Å²) >= 11 is 0. The van der Waals surface area contributed by atoms with Crippen molar-refractivity contribution in [3.63, 3.8) is 0 Å². The molecule has 0 aromatic heterocycles. The normalized spacial score (nSPS) is 17.6. The van der Waals surface area contributed by atoms with Crippen molar-refractivity contribution in [2.45, 2.75) is 25.3 Å². The summed E-state index contributed by atoms with van der Waals surface area (Å²) < 4.78 is 10.7. The first-order valence-corrected chi connectivity index (χ1v) is 6.86. The summed E-state index contributed by atoms with van der Waals surface area (Å²) in [6.45, 7) is 2.95. The van der Waals surface area contributed by atoms with Gasteiger partial charge in [0.1, 0.15) is 0 Å². The highest BCUT2D eigenvalue weighted by atomic mass is 16.5. The molecule has 1 atom stereocenters. The Bertz CT molecular complexity index is 484. The molecule has 4 heteroatoms.